The first-order chi connectivity index (χ1) is 4.00. The van der Waals surface area contributed by atoms with Gasteiger partial charge in [-0.15, -0.1) is 0 Å². The molecule has 0 fully saturated rings. The van der Waals surface area contributed by atoms with Gasteiger partial charge < -0.3 is 91.3 Å². The summed E-state index contributed by atoms with van der Waals surface area (Å²) in [6, 6.07) is 0. The van der Waals surface area contributed by atoms with Crippen molar-refractivity contribution in [1.29, 1.82) is 0 Å². The molecular formula is H39AlNa3O22PS. The molecule has 0 bridgehead atoms. The van der Waals surface area contributed by atoms with Gasteiger partial charge in [0.05, 0.1) is 0 Å². The second kappa shape index (κ2) is 112. The average molecular weight is 550 g/mol. The van der Waals surface area contributed by atoms with Crippen LogP contribution in [0.3, 0.4) is 0 Å². The third-order valence-corrected chi connectivity index (χ3v) is 0. The van der Waals surface area contributed by atoms with E-state index in [0.717, 1.165) is 0 Å². The predicted octanol–water partition coefficient (Wildman–Crippen LogP) is -16.3. The van der Waals surface area contributed by atoms with Crippen molar-refractivity contribution >= 4 is 124 Å². The first kappa shape index (κ1) is 231. The second-order valence-electron chi connectivity index (χ2n) is 0.961. The van der Waals surface area contributed by atoms with E-state index in [-0.39, 0.29) is 183 Å². The van der Waals surface area contributed by atoms with Crippen LogP contribution in [0, 0.1) is 0 Å². The summed E-state index contributed by atoms with van der Waals surface area (Å²) < 4.78 is 40.5. The third-order valence-electron chi connectivity index (χ3n) is 0. The Hall–Kier alpha value is 2.95. The molecule has 0 radical (unpaired) electrons. The van der Waals surface area contributed by atoms with Gasteiger partial charge in [0.25, 0.3) is 0 Å². The van der Waals surface area contributed by atoms with Gasteiger partial charge in [-0.2, -0.15) is 8.42 Å². The van der Waals surface area contributed by atoms with Crippen LogP contribution in [0.4, 0.5) is 0 Å². The van der Waals surface area contributed by atoms with Gasteiger partial charge in [0.1, 0.15) is 0 Å². The van der Waals surface area contributed by atoms with E-state index in [1.165, 1.54) is 0 Å². The molecule has 0 unspecified atom stereocenters. The molecule has 0 saturated carbocycles. The molecule has 0 aromatic rings. The maximum atomic E-state index is 8.88. The fraction of sp³-hybridized carbons (Fsp3) is 0. The molecule has 0 saturated heterocycles. The molecule has 0 amide bonds. The van der Waals surface area contributed by atoms with Crippen molar-refractivity contribution in [1.82, 2.24) is 0 Å². The fourth-order valence-corrected chi connectivity index (χ4v) is 0. The van der Waals surface area contributed by atoms with E-state index >= 15 is 0 Å². The van der Waals surface area contributed by atoms with Gasteiger partial charge in [-0.05, 0) is 0 Å². The summed E-state index contributed by atoms with van der Waals surface area (Å²) in [5, 5.41) is 0. The second-order valence-corrected chi connectivity index (χ2v) is 2.88. The molecule has 0 aromatic heterocycles. The topological polar surface area (TPSA) is 593 Å². The Morgan fingerprint density at radius 2 is 0.464 bits per heavy atom. The first-order valence-electron chi connectivity index (χ1n) is 1.48. The molecule has 0 rings (SSSR count). The van der Waals surface area contributed by atoms with Gasteiger partial charge in [-0.3, -0.25) is 9.11 Å². The van der Waals surface area contributed by atoms with Gasteiger partial charge in [-0.1, -0.05) is 0 Å². The summed E-state index contributed by atoms with van der Waals surface area (Å²) in [7, 11) is -9.31. The fourth-order valence-electron chi connectivity index (χ4n) is 0. The predicted molar refractivity (Wildman–Crippen MR) is 110 cm³/mol. The van der Waals surface area contributed by atoms with Gasteiger partial charge in [0.2, 0.25) is 0 Å². The van der Waals surface area contributed by atoms with E-state index in [4.69, 9.17) is 36.8 Å². The Kier molecular flexibility index (Phi) is 928. The number of phosphoric acid groups is 1. The molecule has 33 N–H and O–H groups in total. The van der Waals surface area contributed by atoms with E-state index in [2.05, 4.69) is 0 Å². The minimum atomic E-state index is -4.67. The standard InChI is InChI=1S/Al.3Na.H3O4P.H2O4S.14H2O.6H/c;;;;2*1-5(2,3)4;;;;;;;;;;;;;;;;;;;;/h;;;;(H3,1,2,3,4);(H2,1,2,3,4);14*1H2;;;;;;. The molecule has 0 heterocycles. The minimum absolute atomic E-state index is 0. The van der Waals surface area contributed by atoms with Crippen LogP contribution in [0.15, 0.2) is 0 Å². The van der Waals surface area contributed by atoms with Crippen LogP contribution in [0.2, 0.25) is 0 Å². The molecule has 22 nitrogen and oxygen atoms in total. The molecule has 28 heteroatoms. The van der Waals surface area contributed by atoms with E-state index in [1.54, 1.807) is 0 Å². The van der Waals surface area contributed by atoms with Gasteiger partial charge >= 0.3 is 107 Å². The Morgan fingerprint density at radius 1 is 0.464 bits per heavy atom. The first-order valence-corrected chi connectivity index (χ1v) is 4.44. The SMILES string of the molecule is O.O.O.O.O.O.O.O.O.O.O.O.O.O.O=P(O)(O)O.O=S(=O)(O)O.[AlH3].[NaH].[NaH].[NaH]. The van der Waals surface area contributed by atoms with Crippen molar-refractivity contribution in [2.24, 2.45) is 0 Å². The summed E-state index contributed by atoms with van der Waals surface area (Å²) in [4.78, 5) is 21.6. The summed E-state index contributed by atoms with van der Waals surface area (Å²) >= 11 is 0. The van der Waals surface area contributed by atoms with Gasteiger partial charge in [0, 0.05) is 0 Å². The van der Waals surface area contributed by atoms with Crippen molar-refractivity contribution in [3.63, 3.8) is 0 Å². The molecule has 0 aliphatic carbocycles. The number of rotatable bonds is 0. The average Bonchev–Trinajstić information content (AvgIpc) is 1.12. The third kappa shape index (κ3) is 2600. The van der Waals surface area contributed by atoms with Crippen LogP contribution in [0.5, 0.6) is 0 Å². The van der Waals surface area contributed by atoms with Crippen LogP contribution in [0.25, 0.3) is 0 Å². The zero-order valence-corrected chi connectivity index (χ0v) is 13.0. The Labute approximate surface area is 235 Å². The normalized spacial score (nSPS) is 4.18. The number of hydrogen-bond donors (Lipinski definition) is 5. The summed E-state index contributed by atoms with van der Waals surface area (Å²) in [5.41, 5.74) is 0. The molecule has 0 aliphatic heterocycles. The Balaban J connectivity index is -0.00000000155. The van der Waals surface area contributed by atoms with E-state index < -0.39 is 18.2 Å². The van der Waals surface area contributed by atoms with Crippen molar-refractivity contribution in [2.75, 3.05) is 0 Å². The van der Waals surface area contributed by atoms with Crippen molar-refractivity contribution in [3.05, 3.63) is 0 Å². The summed E-state index contributed by atoms with van der Waals surface area (Å²) in [5.74, 6) is 0. The van der Waals surface area contributed by atoms with E-state index in [9.17, 15) is 0 Å². The molecule has 0 spiro atoms. The van der Waals surface area contributed by atoms with E-state index in [1.807, 2.05) is 0 Å². The Morgan fingerprint density at radius 3 is 0.464 bits per heavy atom. The summed E-state index contributed by atoms with van der Waals surface area (Å²) in [6.45, 7) is 0. The Bertz CT molecular complexity index is 210. The van der Waals surface area contributed by atoms with Gasteiger partial charge in [-0.25, -0.2) is 4.57 Å². The van der Waals surface area contributed by atoms with Crippen molar-refractivity contribution in [2.45, 2.75) is 0 Å². The molecular weight excluding hydrogens is 511 g/mol. The summed E-state index contributed by atoms with van der Waals surface area (Å²) in [6.07, 6.45) is 0. The zero-order valence-electron chi connectivity index (χ0n) is 11.3. The monoisotopic (exact) mass is 550 g/mol. The quantitative estimate of drug-likeness (QED) is 0.109. The van der Waals surface area contributed by atoms with Crippen molar-refractivity contribution in [3.8, 4) is 0 Å². The molecule has 0 aliphatic rings. The molecule has 188 valence electrons. The van der Waals surface area contributed by atoms with Crippen LogP contribution in [0.1, 0.15) is 0 Å². The molecule has 28 heavy (non-hydrogen) atoms. The number of hydrogen-bond acceptors (Lipinski definition) is 3. The van der Waals surface area contributed by atoms with Gasteiger partial charge in [0.15, 0.2) is 17.4 Å². The van der Waals surface area contributed by atoms with E-state index in [0.29, 0.717) is 0 Å². The molecule has 0 atom stereocenters. The van der Waals surface area contributed by atoms with Crippen LogP contribution < -0.4 is 0 Å². The van der Waals surface area contributed by atoms with Crippen molar-refractivity contribution < 1.29 is 113 Å². The van der Waals surface area contributed by atoms with Crippen LogP contribution in [-0.2, 0) is 15.0 Å². The maximum absolute atomic E-state index is 8.88. The zero-order chi connectivity index (χ0) is 9.00. The van der Waals surface area contributed by atoms with Crippen LogP contribution >= 0.6 is 7.82 Å². The molecule has 0 aromatic carbocycles. The van der Waals surface area contributed by atoms with Crippen LogP contribution in [-0.4, -0.2) is 215 Å².